The van der Waals surface area contributed by atoms with Crippen molar-refractivity contribution in [2.45, 2.75) is 13.8 Å². The fraction of sp³-hybridized carbons (Fsp3) is 0.143. The molecule has 0 amide bonds. The molecule has 0 saturated carbocycles. The van der Waals surface area contributed by atoms with Gasteiger partial charge in [0.25, 0.3) is 0 Å². The van der Waals surface area contributed by atoms with Gasteiger partial charge in [-0.2, -0.15) is 5.26 Å². The fourth-order valence-corrected chi connectivity index (χ4v) is 1.76. The van der Waals surface area contributed by atoms with E-state index in [9.17, 15) is 4.39 Å². The number of pyridine rings is 1. The second-order valence-corrected chi connectivity index (χ2v) is 4.36. The molecule has 3 nitrogen and oxygen atoms in total. The fourth-order valence-electron chi connectivity index (χ4n) is 1.62. The number of hydrogen-bond donors (Lipinski definition) is 0. The van der Waals surface area contributed by atoms with Crippen LogP contribution in [0.3, 0.4) is 0 Å². The lowest BCUT2D eigenvalue weighted by molar-refractivity contribution is 0.458. The summed E-state index contributed by atoms with van der Waals surface area (Å²) in [6.07, 6.45) is 0. The molecule has 0 unspecified atom stereocenters. The van der Waals surface area contributed by atoms with Crippen molar-refractivity contribution >= 4 is 11.6 Å². The van der Waals surface area contributed by atoms with E-state index >= 15 is 0 Å². The van der Waals surface area contributed by atoms with Crippen molar-refractivity contribution in [3.63, 3.8) is 0 Å². The minimum Gasteiger partial charge on any atom is -0.438 e. The summed E-state index contributed by atoms with van der Waals surface area (Å²) < 4.78 is 18.3. The Bertz CT molecular complexity index is 663. The van der Waals surface area contributed by atoms with Crippen molar-refractivity contribution in [3.05, 3.63) is 51.9 Å². The summed E-state index contributed by atoms with van der Waals surface area (Å²) in [6, 6.07) is 7.51. The quantitative estimate of drug-likeness (QED) is 0.827. The zero-order chi connectivity index (χ0) is 14.0. The SMILES string of the molecule is Cc1nc(Oc2ccc(F)cc2)c(C#N)c(C)c1Cl. The molecule has 0 aliphatic heterocycles. The van der Waals surface area contributed by atoms with E-state index < -0.39 is 0 Å². The van der Waals surface area contributed by atoms with Crippen LogP contribution in [0.2, 0.25) is 5.02 Å². The van der Waals surface area contributed by atoms with Gasteiger partial charge in [0.05, 0.1) is 10.7 Å². The van der Waals surface area contributed by atoms with E-state index in [1.807, 2.05) is 6.07 Å². The van der Waals surface area contributed by atoms with Gasteiger partial charge in [0.1, 0.15) is 23.2 Å². The molecule has 0 aliphatic carbocycles. The van der Waals surface area contributed by atoms with Crippen LogP contribution in [0.5, 0.6) is 11.6 Å². The van der Waals surface area contributed by atoms with Crippen molar-refractivity contribution in [3.8, 4) is 17.7 Å². The number of aromatic nitrogens is 1. The first-order valence-corrected chi connectivity index (χ1v) is 5.91. The summed E-state index contributed by atoms with van der Waals surface area (Å²) in [4.78, 5) is 4.15. The monoisotopic (exact) mass is 276 g/mol. The Hall–Kier alpha value is -2.12. The molecule has 0 spiro atoms. The van der Waals surface area contributed by atoms with Crippen LogP contribution in [0, 0.1) is 31.0 Å². The Labute approximate surface area is 115 Å². The summed E-state index contributed by atoms with van der Waals surface area (Å²) in [5.41, 5.74) is 1.48. The first-order chi connectivity index (χ1) is 9.02. The van der Waals surface area contributed by atoms with Crippen molar-refractivity contribution in [2.75, 3.05) is 0 Å². The Morgan fingerprint density at radius 2 is 1.89 bits per heavy atom. The Balaban J connectivity index is 2.46. The van der Waals surface area contributed by atoms with E-state index in [0.717, 1.165) is 0 Å². The first kappa shape index (κ1) is 13.3. The molecular weight excluding hydrogens is 267 g/mol. The molecule has 0 radical (unpaired) electrons. The van der Waals surface area contributed by atoms with Crippen molar-refractivity contribution in [1.29, 1.82) is 5.26 Å². The van der Waals surface area contributed by atoms with Gasteiger partial charge in [-0.3, -0.25) is 0 Å². The third kappa shape index (κ3) is 2.67. The number of rotatable bonds is 2. The number of aryl methyl sites for hydroxylation is 1. The number of halogens is 2. The van der Waals surface area contributed by atoms with Gasteiger partial charge in [0, 0.05) is 0 Å². The summed E-state index contributed by atoms with van der Waals surface area (Å²) in [5, 5.41) is 9.60. The van der Waals surface area contributed by atoms with E-state index in [1.54, 1.807) is 13.8 Å². The molecule has 5 heteroatoms. The standard InChI is InChI=1S/C14H10ClFN2O/c1-8-12(7-17)14(18-9(2)13(8)15)19-11-5-3-10(16)4-6-11/h3-6H,1-2H3. The molecule has 1 aromatic heterocycles. The molecular formula is C14H10ClFN2O. The highest BCUT2D eigenvalue weighted by molar-refractivity contribution is 6.32. The van der Waals surface area contributed by atoms with Crippen LogP contribution in [-0.2, 0) is 0 Å². The van der Waals surface area contributed by atoms with Gasteiger partial charge >= 0.3 is 0 Å². The molecule has 0 N–H and O–H groups in total. The maximum Gasteiger partial charge on any atom is 0.237 e. The van der Waals surface area contributed by atoms with E-state index in [-0.39, 0.29) is 17.3 Å². The normalized spacial score (nSPS) is 10.1. The number of benzene rings is 1. The lowest BCUT2D eigenvalue weighted by Crippen LogP contribution is -1.98. The highest BCUT2D eigenvalue weighted by atomic mass is 35.5. The summed E-state index contributed by atoms with van der Waals surface area (Å²) >= 11 is 6.04. The van der Waals surface area contributed by atoms with Gasteiger partial charge < -0.3 is 4.74 Å². The largest absolute Gasteiger partial charge is 0.438 e. The minimum atomic E-state index is -0.357. The van der Waals surface area contributed by atoms with Crippen molar-refractivity contribution < 1.29 is 9.13 Å². The molecule has 0 bridgehead atoms. The molecule has 0 fully saturated rings. The van der Waals surface area contributed by atoms with E-state index in [4.69, 9.17) is 21.6 Å². The second kappa shape index (κ2) is 5.25. The Morgan fingerprint density at radius 1 is 1.26 bits per heavy atom. The van der Waals surface area contributed by atoms with Gasteiger partial charge in [-0.05, 0) is 43.7 Å². The molecule has 2 rings (SSSR count). The number of nitriles is 1. The van der Waals surface area contributed by atoms with Crippen LogP contribution in [0.4, 0.5) is 4.39 Å². The van der Waals surface area contributed by atoms with Crippen LogP contribution in [0.25, 0.3) is 0 Å². The molecule has 1 aromatic carbocycles. The molecule has 1 heterocycles. The lowest BCUT2D eigenvalue weighted by atomic mass is 10.1. The molecule has 0 aliphatic rings. The minimum absolute atomic E-state index is 0.175. The average Bonchev–Trinajstić information content (AvgIpc) is 2.39. The Morgan fingerprint density at radius 3 is 2.47 bits per heavy atom. The van der Waals surface area contributed by atoms with Gasteiger partial charge in [-0.15, -0.1) is 0 Å². The van der Waals surface area contributed by atoms with Gasteiger partial charge in [-0.25, -0.2) is 9.37 Å². The second-order valence-electron chi connectivity index (χ2n) is 3.98. The third-order valence-electron chi connectivity index (χ3n) is 2.64. The maximum atomic E-state index is 12.8. The van der Waals surface area contributed by atoms with Gasteiger partial charge in [0.2, 0.25) is 5.88 Å². The zero-order valence-corrected chi connectivity index (χ0v) is 11.1. The molecule has 2 aromatic rings. The molecule has 19 heavy (non-hydrogen) atoms. The topological polar surface area (TPSA) is 45.9 Å². The van der Waals surface area contributed by atoms with E-state index in [1.165, 1.54) is 24.3 Å². The third-order valence-corrected chi connectivity index (χ3v) is 3.20. The predicted octanol–water partition coefficient (Wildman–Crippen LogP) is 4.15. The highest BCUT2D eigenvalue weighted by Gasteiger charge is 2.15. The van der Waals surface area contributed by atoms with Gasteiger partial charge in [-0.1, -0.05) is 11.6 Å². The lowest BCUT2D eigenvalue weighted by Gasteiger charge is -2.11. The van der Waals surface area contributed by atoms with Crippen LogP contribution < -0.4 is 4.74 Å². The summed E-state index contributed by atoms with van der Waals surface area (Å²) in [5.74, 6) is 0.226. The van der Waals surface area contributed by atoms with Crippen LogP contribution in [-0.4, -0.2) is 4.98 Å². The molecule has 0 saturated heterocycles. The molecule has 0 atom stereocenters. The average molecular weight is 277 g/mol. The Kier molecular flexibility index (Phi) is 3.68. The first-order valence-electron chi connectivity index (χ1n) is 5.53. The smallest absolute Gasteiger partial charge is 0.237 e. The van der Waals surface area contributed by atoms with Crippen molar-refractivity contribution in [2.24, 2.45) is 0 Å². The molecule has 96 valence electrons. The number of nitrogens with zero attached hydrogens (tertiary/aromatic N) is 2. The maximum absolute atomic E-state index is 12.8. The van der Waals surface area contributed by atoms with E-state index in [2.05, 4.69) is 4.98 Å². The van der Waals surface area contributed by atoms with Crippen molar-refractivity contribution in [1.82, 2.24) is 4.98 Å². The van der Waals surface area contributed by atoms with E-state index in [0.29, 0.717) is 22.0 Å². The summed E-state index contributed by atoms with van der Waals surface area (Å²) in [6.45, 7) is 3.46. The summed E-state index contributed by atoms with van der Waals surface area (Å²) in [7, 11) is 0. The highest BCUT2D eigenvalue weighted by Crippen LogP contribution is 2.30. The zero-order valence-electron chi connectivity index (χ0n) is 10.4. The van der Waals surface area contributed by atoms with Crippen LogP contribution in [0.15, 0.2) is 24.3 Å². The van der Waals surface area contributed by atoms with Crippen LogP contribution in [0.1, 0.15) is 16.8 Å². The number of hydrogen-bond acceptors (Lipinski definition) is 3. The van der Waals surface area contributed by atoms with Gasteiger partial charge in [0.15, 0.2) is 0 Å². The van der Waals surface area contributed by atoms with Crippen LogP contribution >= 0.6 is 11.6 Å². The number of ether oxygens (including phenoxy) is 1. The predicted molar refractivity (Wildman–Crippen MR) is 69.9 cm³/mol.